The van der Waals surface area contributed by atoms with E-state index in [1.807, 2.05) is 32.8 Å². The standard InChI is InChI=1S/C12H25N3O3/c1-6-9(2)10(11(16)17)13-12(18)15(5)8-7-14(3)4/h9-10H,6-8H2,1-5H3,(H,13,18)(H,16,17). The Morgan fingerprint density at radius 1 is 1.22 bits per heavy atom. The number of carboxylic acid groups (broad SMARTS) is 1. The van der Waals surface area contributed by atoms with Gasteiger partial charge in [-0.25, -0.2) is 9.59 Å². The number of hydrogen-bond acceptors (Lipinski definition) is 3. The Hall–Kier alpha value is -1.30. The molecule has 0 heterocycles. The fraction of sp³-hybridized carbons (Fsp3) is 0.833. The topological polar surface area (TPSA) is 72.9 Å². The van der Waals surface area contributed by atoms with Crippen molar-refractivity contribution < 1.29 is 14.7 Å². The third-order valence-corrected chi connectivity index (χ3v) is 2.99. The van der Waals surface area contributed by atoms with Crippen molar-refractivity contribution in [3.63, 3.8) is 0 Å². The van der Waals surface area contributed by atoms with Crippen molar-refractivity contribution in [2.45, 2.75) is 26.3 Å². The lowest BCUT2D eigenvalue weighted by molar-refractivity contribution is -0.140. The Kier molecular flexibility index (Phi) is 7.35. The van der Waals surface area contributed by atoms with Gasteiger partial charge < -0.3 is 20.2 Å². The zero-order valence-electron chi connectivity index (χ0n) is 11.9. The number of urea groups is 1. The molecule has 2 unspecified atom stereocenters. The highest BCUT2D eigenvalue weighted by Crippen LogP contribution is 2.08. The van der Waals surface area contributed by atoms with Crippen LogP contribution in [0.1, 0.15) is 20.3 Å². The predicted octanol–water partition coefficient (Wildman–Crippen LogP) is 0.689. The minimum absolute atomic E-state index is 0.0892. The number of hydrogen-bond donors (Lipinski definition) is 2. The van der Waals surface area contributed by atoms with Gasteiger partial charge in [0.05, 0.1) is 0 Å². The molecule has 0 aliphatic heterocycles. The van der Waals surface area contributed by atoms with Gasteiger partial charge in [-0.2, -0.15) is 0 Å². The lowest BCUT2D eigenvalue weighted by Gasteiger charge is -2.25. The summed E-state index contributed by atoms with van der Waals surface area (Å²) in [6.07, 6.45) is 0.707. The molecule has 106 valence electrons. The molecule has 2 N–H and O–H groups in total. The van der Waals surface area contributed by atoms with E-state index in [9.17, 15) is 9.59 Å². The Morgan fingerprint density at radius 3 is 2.17 bits per heavy atom. The van der Waals surface area contributed by atoms with Crippen LogP contribution in [0.15, 0.2) is 0 Å². The average Bonchev–Trinajstić information content (AvgIpc) is 2.30. The maximum absolute atomic E-state index is 11.8. The van der Waals surface area contributed by atoms with Gasteiger partial charge in [-0.3, -0.25) is 0 Å². The van der Waals surface area contributed by atoms with Crippen molar-refractivity contribution in [2.24, 2.45) is 5.92 Å². The minimum Gasteiger partial charge on any atom is -0.480 e. The van der Waals surface area contributed by atoms with Crippen LogP contribution in [0, 0.1) is 5.92 Å². The van der Waals surface area contributed by atoms with Crippen LogP contribution in [0.3, 0.4) is 0 Å². The van der Waals surface area contributed by atoms with Crippen molar-refractivity contribution in [3.05, 3.63) is 0 Å². The average molecular weight is 259 g/mol. The molecule has 0 saturated carbocycles. The first-order chi connectivity index (χ1) is 8.29. The van der Waals surface area contributed by atoms with E-state index in [-0.39, 0.29) is 11.9 Å². The second kappa shape index (κ2) is 7.92. The van der Waals surface area contributed by atoms with E-state index < -0.39 is 12.0 Å². The molecule has 0 aromatic heterocycles. The molecule has 0 aliphatic rings. The van der Waals surface area contributed by atoms with Gasteiger partial charge in [0, 0.05) is 20.1 Å². The second-order valence-corrected chi connectivity index (χ2v) is 4.88. The van der Waals surface area contributed by atoms with Crippen LogP contribution < -0.4 is 5.32 Å². The summed E-state index contributed by atoms with van der Waals surface area (Å²) >= 11 is 0. The number of likely N-dealkylation sites (N-methyl/N-ethyl adjacent to an activating group) is 2. The molecular weight excluding hydrogens is 234 g/mol. The van der Waals surface area contributed by atoms with Crippen LogP contribution in [0.2, 0.25) is 0 Å². The Balaban J connectivity index is 4.37. The van der Waals surface area contributed by atoms with Crippen molar-refractivity contribution >= 4 is 12.0 Å². The fourth-order valence-corrected chi connectivity index (χ4v) is 1.38. The Bertz CT molecular complexity index is 282. The van der Waals surface area contributed by atoms with E-state index in [0.717, 1.165) is 6.54 Å². The predicted molar refractivity (Wildman–Crippen MR) is 70.6 cm³/mol. The molecule has 0 saturated heterocycles. The van der Waals surface area contributed by atoms with E-state index in [0.29, 0.717) is 13.0 Å². The van der Waals surface area contributed by atoms with Crippen LogP contribution in [-0.2, 0) is 4.79 Å². The molecule has 0 aromatic rings. The van der Waals surface area contributed by atoms with Gasteiger partial charge in [-0.05, 0) is 20.0 Å². The van der Waals surface area contributed by atoms with Gasteiger partial charge in [0.1, 0.15) is 6.04 Å². The molecule has 0 spiro atoms. The molecule has 0 aromatic carbocycles. The smallest absolute Gasteiger partial charge is 0.326 e. The largest absolute Gasteiger partial charge is 0.480 e. The molecule has 6 nitrogen and oxygen atoms in total. The maximum atomic E-state index is 11.8. The highest BCUT2D eigenvalue weighted by atomic mass is 16.4. The molecule has 0 fully saturated rings. The number of rotatable bonds is 7. The van der Waals surface area contributed by atoms with Crippen LogP contribution in [0.5, 0.6) is 0 Å². The summed E-state index contributed by atoms with van der Waals surface area (Å²) in [5.74, 6) is -1.08. The maximum Gasteiger partial charge on any atom is 0.326 e. The molecule has 0 aliphatic carbocycles. The summed E-state index contributed by atoms with van der Waals surface area (Å²) in [4.78, 5) is 26.4. The summed E-state index contributed by atoms with van der Waals surface area (Å²) in [7, 11) is 5.50. The van der Waals surface area contributed by atoms with Gasteiger partial charge in [0.15, 0.2) is 0 Å². The van der Waals surface area contributed by atoms with Gasteiger partial charge in [-0.15, -0.1) is 0 Å². The third-order valence-electron chi connectivity index (χ3n) is 2.99. The minimum atomic E-state index is -0.987. The van der Waals surface area contributed by atoms with Crippen LogP contribution >= 0.6 is 0 Å². The number of nitrogens with one attached hydrogen (secondary N) is 1. The molecule has 2 atom stereocenters. The summed E-state index contributed by atoms with van der Waals surface area (Å²) < 4.78 is 0. The number of amides is 2. The van der Waals surface area contributed by atoms with Crippen molar-refractivity contribution in [3.8, 4) is 0 Å². The number of nitrogens with zero attached hydrogens (tertiary/aromatic N) is 2. The first-order valence-electron chi connectivity index (χ1n) is 6.18. The van der Waals surface area contributed by atoms with E-state index in [1.165, 1.54) is 4.90 Å². The van der Waals surface area contributed by atoms with Crippen molar-refractivity contribution in [2.75, 3.05) is 34.2 Å². The number of carbonyl (C=O) groups is 2. The van der Waals surface area contributed by atoms with Gasteiger partial charge in [0.25, 0.3) is 0 Å². The quantitative estimate of drug-likeness (QED) is 0.705. The normalized spacial score (nSPS) is 14.1. The summed E-state index contributed by atoms with van der Waals surface area (Å²) in [6, 6.07) is -1.17. The molecular formula is C12H25N3O3. The Morgan fingerprint density at radius 2 is 1.78 bits per heavy atom. The van der Waals surface area contributed by atoms with Crippen molar-refractivity contribution in [1.29, 1.82) is 0 Å². The Labute approximate surface area is 109 Å². The van der Waals surface area contributed by atoms with Crippen LogP contribution in [0.25, 0.3) is 0 Å². The lowest BCUT2D eigenvalue weighted by Crippen LogP contribution is -2.50. The molecule has 0 bridgehead atoms. The van der Waals surface area contributed by atoms with E-state index in [2.05, 4.69) is 5.32 Å². The number of aliphatic carboxylic acids is 1. The molecule has 0 rings (SSSR count). The van der Waals surface area contributed by atoms with Gasteiger partial charge >= 0.3 is 12.0 Å². The second-order valence-electron chi connectivity index (χ2n) is 4.88. The third kappa shape index (κ3) is 5.86. The van der Waals surface area contributed by atoms with E-state index >= 15 is 0 Å². The van der Waals surface area contributed by atoms with E-state index in [1.54, 1.807) is 7.05 Å². The highest BCUT2D eigenvalue weighted by molar-refractivity contribution is 5.82. The summed E-state index contributed by atoms with van der Waals surface area (Å²) in [6.45, 7) is 5.03. The summed E-state index contributed by atoms with van der Waals surface area (Å²) in [5.41, 5.74) is 0. The van der Waals surface area contributed by atoms with Crippen molar-refractivity contribution in [1.82, 2.24) is 15.1 Å². The fourth-order valence-electron chi connectivity index (χ4n) is 1.38. The molecule has 18 heavy (non-hydrogen) atoms. The highest BCUT2D eigenvalue weighted by Gasteiger charge is 2.26. The van der Waals surface area contributed by atoms with Gasteiger partial charge in [0.2, 0.25) is 0 Å². The SMILES string of the molecule is CCC(C)C(NC(=O)N(C)CCN(C)C)C(=O)O. The van der Waals surface area contributed by atoms with Gasteiger partial charge in [-0.1, -0.05) is 20.3 Å². The summed E-state index contributed by atoms with van der Waals surface area (Å²) in [5, 5.41) is 11.6. The van der Waals surface area contributed by atoms with E-state index in [4.69, 9.17) is 5.11 Å². The van der Waals surface area contributed by atoms with Crippen LogP contribution in [-0.4, -0.2) is 67.2 Å². The zero-order chi connectivity index (χ0) is 14.3. The molecule has 6 heteroatoms. The number of carboxylic acids is 1. The lowest BCUT2D eigenvalue weighted by atomic mass is 9.99. The molecule has 0 radical (unpaired) electrons. The zero-order valence-corrected chi connectivity index (χ0v) is 11.9. The first-order valence-corrected chi connectivity index (χ1v) is 6.18. The number of carbonyl (C=O) groups excluding carboxylic acids is 1. The molecule has 2 amide bonds. The monoisotopic (exact) mass is 259 g/mol. The van der Waals surface area contributed by atoms with Crippen LogP contribution in [0.4, 0.5) is 4.79 Å². The first kappa shape index (κ1) is 16.7.